The Morgan fingerprint density at radius 3 is 2.50 bits per heavy atom. The van der Waals surface area contributed by atoms with E-state index in [9.17, 15) is 0 Å². The Morgan fingerprint density at radius 1 is 1.44 bits per heavy atom. The van der Waals surface area contributed by atoms with E-state index < -0.39 is 8.07 Å². The maximum absolute atomic E-state index is 5.51. The zero-order valence-electron chi connectivity index (χ0n) is 10.6. The molecule has 1 radical (unpaired) electrons. The Hall–Kier alpha value is 0.300. The summed E-state index contributed by atoms with van der Waals surface area (Å²) in [5.74, 6) is 0. The van der Waals surface area contributed by atoms with Crippen LogP contribution in [0.2, 0.25) is 25.7 Å². The van der Waals surface area contributed by atoms with Crippen LogP contribution in [-0.2, 0) is 30.9 Å². The van der Waals surface area contributed by atoms with Crippen molar-refractivity contribution in [2.45, 2.75) is 39.3 Å². The Labute approximate surface area is 118 Å². The first-order valence-electron chi connectivity index (χ1n) is 4.97. The number of nitrogens with zero attached hydrogens (tertiary/aromatic N) is 2. The van der Waals surface area contributed by atoms with Crippen LogP contribution in [-0.4, -0.2) is 24.5 Å². The molecule has 0 fully saturated rings. The van der Waals surface area contributed by atoms with Crippen molar-refractivity contribution in [1.29, 1.82) is 0 Å². The molecule has 0 amide bonds. The minimum atomic E-state index is -0.955. The van der Waals surface area contributed by atoms with E-state index in [1.165, 1.54) is 6.04 Å². The fourth-order valence-electron chi connectivity index (χ4n) is 1.01. The fraction of sp³-hybridized carbons (Fsp3) is 0.700. The molecule has 1 aromatic heterocycles. The van der Waals surface area contributed by atoms with E-state index in [1.807, 2.05) is 13.0 Å². The quantitative estimate of drug-likeness (QED) is 0.531. The van der Waals surface area contributed by atoms with Crippen LogP contribution in [0.25, 0.3) is 0 Å². The molecule has 0 saturated carbocycles. The maximum Gasteiger partial charge on any atom is 0.140 e. The molecule has 0 aromatic carbocycles. The van der Waals surface area contributed by atoms with Gasteiger partial charge in [-0.1, -0.05) is 19.6 Å². The number of ether oxygens (including phenoxy) is 1. The van der Waals surface area contributed by atoms with E-state index in [4.69, 9.17) is 4.74 Å². The summed E-state index contributed by atoms with van der Waals surface area (Å²) < 4.78 is 7.22. The standard InChI is InChI=1S/C10H19N2OSi.ClH.Zn/c1-10-5-6-12(11-10)9-13-7-8-14(2,3)4;;/h5H,7-9H2,1-4H3;1H;/p-1. The molecule has 0 atom stereocenters. The van der Waals surface area contributed by atoms with Gasteiger partial charge < -0.3 is 17.1 Å². The molecule has 0 N–H and O–H groups in total. The molecule has 1 aromatic rings. The monoisotopic (exact) mass is 310 g/mol. The molecule has 89 valence electrons. The van der Waals surface area contributed by atoms with E-state index >= 15 is 0 Å². The van der Waals surface area contributed by atoms with Gasteiger partial charge in [0, 0.05) is 34.2 Å². The third-order valence-electron chi connectivity index (χ3n) is 1.91. The summed E-state index contributed by atoms with van der Waals surface area (Å²) in [4.78, 5) is 0. The van der Waals surface area contributed by atoms with Crippen LogP contribution >= 0.6 is 0 Å². The maximum atomic E-state index is 5.51. The van der Waals surface area contributed by atoms with Gasteiger partial charge in [0.05, 0.1) is 11.9 Å². The molecular weight excluding hydrogens is 293 g/mol. The van der Waals surface area contributed by atoms with E-state index in [-0.39, 0.29) is 31.9 Å². The average Bonchev–Trinajstić information content (AvgIpc) is 2.44. The molecule has 0 bridgehead atoms. The van der Waals surface area contributed by atoms with Crippen LogP contribution in [0.1, 0.15) is 5.69 Å². The van der Waals surface area contributed by atoms with Gasteiger partial charge in [0.25, 0.3) is 0 Å². The average molecular weight is 312 g/mol. The van der Waals surface area contributed by atoms with E-state index in [2.05, 4.69) is 30.9 Å². The molecule has 0 aliphatic heterocycles. The molecule has 6 heteroatoms. The Kier molecular flexibility index (Phi) is 9.80. The van der Waals surface area contributed by atoms with E-state index in [0.29, 0.717) is 6.73 Å². The summed E-state index contributed by atoms with van der Waals surface area (Å²) in [6, 6.07) is 3.06. The van der Waals surface area contributed by atoms with Crippen LogP contribution < -0.4 is 12.4 Å². The van der Waals surface area contributed by atoms with Gasteiger partial charge in [0.1, 0.15) is 6.73 Å². The van der Waals surface area contributed by atoms with Gasteiger partial charge in [0.2, 0.25) is 0 Å². The fourth-order valence-corrected chi connectivity index (χ4v) is 1.77. The molecule has 0 aliphatic rings. The number of halogens is 1. The number of aryl methyl sites for hydroxylation is 1. The molecule has 0 unspecified atom stereocenters. The van der Waals surface area contributed by atoms with Crippen molar-refractivity contribution < 1.29 is 36.6 Å². The van der Waals surface area contributed by atoms with Crippen LogP contribution in [0.3, 0.4) is 0 Å². The molecule has 0 spiro atoms. The Bertz CT molecular complexity index is 289. The first-order valence-corrected chi connectivity index (χ1v) is 8.68. The predicted molar refractivity (Wildman–Crippen MR) is 59.9 cm³/mol. The van der Waals surface area contributed by atoms with Crippen LogP contribution in [0, 0.1) is 13.1 Å². The molecule has 3 nitrogen and oxygen atoms in total. The second-order valence-corrected chi connectivity index (χ2v) is 10.4. The topological polar surface area (TPSA) is 27.1 Å². The number of rotatable bonds is 5. The van der Waals surface area contributed by atoms with Gasteiger partial charge in [-0.25, -0.2) is 4.68 Å². The van der Waals surface area contributed by atoms with Gasteiger partial charge in [-0.15, -0.1) is 0 Å². The van der Waals surface area contributed by atoms with Gasteiger partial charge in [-0.2, -0.15) is 5.10 Å². The first-order chi connectivity index (χ1) is 6.47. The van der Waals surface area contributed by atoms with Gasteiger partial charge in [0.15, 0.2) is 0 Å². The van der Waals surface area contributed by atoms with E-state index in [1.54, 1.807) is 4.68 Å². The molecule has 0 aliphatic carbocycles. The van der Waals surface area contributed by atoms with Crippen molar-refractivity contribution in [2.75, 3.05) is 6.61 Å². The SMILES string of the molecule is Cc1c[c]n(COCC[Si](C)(C)C)n1.[Cl-].[Zn]. The molecule has 16 heavy (non-hydrogen) atoms. The summed E-state index contributed by atoms with van der Waals surface area (Å²) in [5, 5.41) is 4.19. The molecule has 1 rings (SSSR count). The summed E-state index contributed by atoms with van der Waals surface area (Å²) in [5.41, 5.74) is 0.985. The predicted octanol–water partition coefficient (Wildman–Crippen LogP) is -0.694. The summed E-state index contributed by atoms with van der Waals surface area (Å²) in [7, 11) is -0.955. The van der Waals surface area contributed by atoms with Crippen LogP contribution in [0.5, 0.6) is 0 Å². The third-order valence-corrected chi connectivity index (χ3v) is 3.62. The molecule has 1 heterocycles. The molecular formula is C10H19ClN2OSiZn-. The summed E-state index contributed by atoms with van der Waals surface area (Å²) in [6.45, 7) is 10.4. The number of aromatic nitrogens is 2. The Morgan fingerprint density at radius 2 is 2.06 bits per heavy atom. The third kappa shape index (κ3) is 8.45. The van der Waals surface area contributed by atoms with Gasteiger partial charge in [-0.05, 0) is 19.0 Å². The van der Waals surface area contributed by atoms with Crippen molar-refractivity contribution in [2.24, 2.45) is 0 Å². The molecule has 0 saturated heterocycles. The van der Waals surface area contributed by atoms with Crippen molar-refractivity contribution in [3.63, 3.8) is 0 Å². The summed E-state index contributed by atoms with van der Waals surface area (Å²) >= 11 is 0. The van der Waals surface area contributed by atoms with Crippen molar-refractivity contribution >= 4 is 8.07 Å². The second kappa shape index (κ2) is 8.40. The minimum Gasteiger partial charge on any atom is -1.00 e. The van der Waals surface area contributed by atoms with Crippen molar-refractivity contribution in [1.82, 2.24) is 9.78 Å². The Balaban J connectivity index is 0. The van der Waals surface area contributed by atoms with Crippen molar-refractivity contribution in [3.05, 3.63) is 18.0 Å². The minimum absolute atomic E-state index is 0. The summed E-state index contributed by atoms with van der Waals surface area (Å²) in [6.07, 6.45) is 2.99. The number of hydrogen-bond donors (Lipinski definition) is 0. The smallest absolute Gasteiger partial charge is 0.140 e. The normalized spacial score (nSPS) is 10.5. The van der Waals surface area contributed by atoms with Gasteiger partial charge >= 0.3 is 0 Å². The van der Waals surface area contributed by atoms with E-state index in [0.717, 1.165) is 12.3 Å². The zero-order chi connectivity index (χ0) is 10.6. The zero-order valence-corrected chi connectivity index (χ0v) is 15.3. The second-order valence-electron chi connectivity index (χ2n) is 4.76. The number of hydrogen-bond acceptors (Lipinski definition) is 2. The largest absolute Gasteiger partial charge is 1.00 e. The van der Waals surface area contributed by atoms with Crippen LogP contribution in [0.4, 0.5) is 0 Å². The first kappa shape index (κ1) is 18.7. The van der Waals surface area contributed by atoms with Crippen molar-refractivity contribution in [3.8, 4) is 0 Å². The van der Waals surface area contributed by atoms with Crippen LogP contribution in [0.15, 0.2) is 6.07 Å². The van der Waals surface area contributed by atoms with Gasteiger partial charge in [-0.3, -0.25) is 0 Å².